The molecule has 2 rings (SSSR count). The lowest BCUT2D eigenvalue weighted by molar-refractivity contribution is -0.135. The third-order valence-corrected chi connectivity index (χ3v) is 3.32. The molecule has 0 saturated heterocycles. The predicted molar refractivity (Wildman–Crippen MR) is 72.0 cm³/mol. The number of amides is 1. The normalized spacial score (nSPS) is 21.7. The van der Waals surface area contributed by atoms with E-state index in [1.165, 1.54) is 6.92 Å². The SMILES string of the molecule is CCc1ccccc1NC(=O)C1(C)CC(C(F)(F)F)=NO1. The molecule has 0 saturated carbocycles. The van der Waals surface area contributed by atoms with E-state index in [4.69, 9.17) is 4.84 Å². The summed E-state index contributed by atoms with van der Waals surface area (Å²) in [6.07, 6.45) is -4.49. The zero-order chi connectivity index (χ0) is 15.7. The molecule has 0 aromatic heterocycles. The number of alkyl halides is 3. The van der Waals surface area contributed by atoms with E-state index in [-0.39, 0.29) is 0 Å². The van der Waals surface area contributed by atoms with Gasteiger partial charge in [-0.15, -0.1) is 0 Å². The lowest BCUT2D eigenvalue weighted by atomic mass is 9.98. The molecule has 114 valence electrons. The first-order valence-corrected chi connectivity index (χ1v) is 6.48. The molecule has 1 unspecified atom stereocenters. The number of carbonyl (C=O) groups is 1. The Balaban J connectivity index is 2.12. The van der Waals surface area contributed by atoms with Gasteiger partial charge >= 0.3 is 6.18 Å². The van der Waals surface area contributed by atoms with Gasteiger partial charge in [-0.3, -0.25) is 4.79 Å². The van der Waals surface area contributed by atoms with Crippen molar-refractivity contribution in [2.45, 2.75) is 38.5 Å². The Morgan fingerprint density at radius 2 is 2.10 bits per heavy atom. The maximum atomic E-state index is 12.6. The summed E-state index contributed by atoms with van der Waals surface area (Å²) in [7, 11) is 0. The quantitative estimate of drug-likeness (QED) is 0.931. The van der Waals surface area contributed by atoms with Crippen LogP contribution < -0.4 is 5.32 Å². The summed E-state index contributed by atoms with van der Waals surface area (Å²) in [5.74, 6) is -0.647. The molecule has 0 fully saturated rings. The Labute approximate surface area is 120 Å². The molecule has 1 aliphatic rings. The molecule has 0 radical (unpaired) electrons. The summed E-state index contributed by atoms with van der Waals surface area (Å²) in [5, 5.41) is 5.61. The van der Waals surface area contributed by atoms with Gasteiger partial charge in [0.1, 0.15) is 0 Å². The number of anilines is 1. The molecule has 1 amide bonds. The molecular weight excluding hydrogens is 285 g/mol. The fourth-order valence-corrected chi connectivity index (χ4v) is 2.02. The lowest BCUT2D eigenvalue weighted by Gasteiger charge is -2.21. The van der Waals surface area contributed by atoms with Crippen LogP contribution in [0.3, 0.4) is 0 Å². The Kier molecular flexibility index (Phi) is 3.93. The highest BCUT2D eigenvalue weighted by atomic mass is 19.4. The van der Waals surface area contributed by atoms with Gasteiger partial charge in [-0.25, -0.2) is 0 Å². The predicted octanol–water partition coefficient (Wildman–Crippen LogP) is 3.28. The van der Waals surface area contributed by atoms with Gasteiger partial charge in [-0.1, -0.05) is 30.3 Å². The van der Waals surface area contributed by atoms with Gasteiger partial charge in [0.05, 0.1) is 6.42 Å². The Morgan fingerprint density at radius 3 is 2.67 bits per heavy atom. The van der Waals surface area contributed by atoms with Gasteiger partial charge in [0.25, 0.3) is 5.91 Å². The van der Waals surface area contributed by atoms with Crippen LogP contribution in [0.5, 0.6) is 0 Å². The van der Waals surface area contributed by atoms with Gasteiger partial charge in [0, 0.05) is 5.69 Å². The number of hydrogen-bond donors (Lipinski definition) is 1. The molecule has 7 heteroatoms. The first kappa shape index (κ1) is 15.3. The van der Waals surface area contributed by atoms with Gasteiger partial charge in [0.2, 0.25) is 5.60 Å². The number of halogens is 3. The van der Waals surface area contributed by atoms with Crippen LogP contribution in [-0.4, -0.2) is 23.4 Å². The van der Waals surface area contributed by atoms with Crippen molar-refractivity contribution in [2.24, 2.45) is 5.16 Å². The van der Waals surface area contributed by atoms with Gasteiger partial charge in [-0.05, 0) is 25.0 Å². The minimum Gasteiger partial charge on any atom is -0.379 e. The molecule has 1 heterocycles. The summed E-state index contributed by atoms with van der Waals surface area (Å²) in [4.78, 5) is 16.9. The first-order chi connectivity index (χ1) is 9.76. The Hall–Kier alpha value is -2.05. The molecule has 4 nitrogen and oxygen atoms in total. The van der Waals surface area contributed by atoms with Crippen molar-refractivity contribution in [2.75, 3.05) is 5.32 Å². The number of nitrogens with zero attached hydrogens (tertiary/aromatic N) is 1. The average molecular weight is 300 g/mol. The number of nitrogens with one attached hydrogen (secondary N) is 1. The van der Waals surface area contributed by atoms with Crippen molar-refractivity contribution in [1.82, 2.24) is 0 Å². The second-order valence-corrected chi connectivity index (χ2v) is 5.00. The fourth-order valence-electron chi connectivity index (χ4n) is 2.02. The minimum atomic E-state index is -4.58. The number of benzene rings is 1. The average Bonchev–Trinajstić information content (AvgIpc) is 2.83. The maximum Gasteiger partial charge on any atom is 0.432 e. The van der Waals surface area contributed by atoms with E-state index in [2.05, 4.69) is 10.5 Å². The smallest absolute Gasteiger partial charge is 0.379 e. The summed E-state index contributed by atoms with van der Waals surface area (Å²) >= 11 is 0. The Morgan fingerprint density at radius 1 is 1.43 bits per heavy atom. The molecule has 0 bridgehead atoms. The van der Waals surface area contributed by atoms with Gasteiger partial charge < -0.3 is 10.2 Å². The van der Waals surface area contributed by atoms with Crippen molar-refractivity contribution in [3.05, 3.63) is 29.8 Å². The van der Waals surface area contributed by atoms with Gasteiger partial charge in [0.15, 0.2) is 5.71 Å². The molecular formula is C14H15F3N2O2. The second-order valence-electron chi connectivity index (χ2n) is 5.00. The van der Waals surface area contributed by atoms with E-state index < -0.39 is 29.8 Å². The largest absolute Gasteiger partial charge is 0.432 e. The van der Waals surface area contributed by atoms with E-state index >= 15 is 0 Å². The van der Waals surface area contributed by atoms with Crippen LogP contribution in [0, 0.1) is 0 Å². The van der Waals surface area contributed by atoms with Crippen LogP contribution in [0.25, 0.3) is 0 Å². The van der Waals surface area contributed by atoms with Crippen LogP contribution in [0.4, 0.5) is 18.9 Å². The molecule has 21 heavy (non-hydrogen) atoms. The third-order valence-electron chi connectivity index (χ3n) is 3.32. The number of para-hydroxylation sites is 1. The number of oxime groups is 1. The number of aryl methyl sites for hydroxylation is 1. The standard InChI is InChI=1S/C14H15F3N2O2/c1-3-9-6-4-5-7-10(9)18-12(20)13(2)8-11(19-21-13)14(15,16)17/h4-7H,3,8H2,1-2H3,(H,18,20). The Bertz CT molecular complexity index is 584. The number of carbonyl (C=O) groups excluding carboxylic acids is 1. The highest BCUT2D eigenvalue weighted by Gasteiger charge is 2.50. The van der Waals surface area contributed by atoms with Crippen LogP contribution in [0.2, 0.25) is 0 Å². The molecule has 0 aliphatic carbocycles. The summed E-state index contributed by atoms with van der Waals surface area (Å²) in [6, 6.07) is 7.10. The van der Waals surface area contributed by atoms with Crippen LogP contribution in [0.15, 0.2) is 29.4 Å². The molecule has 1 N–H and O–H groups in total. The highest BCUT2D eigenvalue weighted by molar-refractivity contribution is 6.03. The molecule has 1 atom stereocenters. The van der Waals surface area contributed by atoms with Gasteiger partial charge in [-0.2, -0.15) is 13.2 Å². The fraction of sp³-hybridized carbons (Fsp3) is 0.429. The van der Waals surface area contributed by atoms with Crippen molar-refractivity contribution in [3.63, 3.8) is 0 Å². The van der Waals surface area contributed by atoms with Crippen LogP contribution >= 0.6 is 0 Å². The molecule has 0 spiro atoms. The zero-order valence-electron chi connectivity index (χ0n) is 11.6. The summed E-state index contributed by atoms with van der Waals surface area (Å²) in [5.41, 5.74) is -1.27. The topological polar surface area (TPSA) is 50.7 Å². The van der Waals surface area contributed by atoms with E-state index in [0.717, 1.165) is 5.56 Å². The van der Waals surface area contributed by atoms with Crippen LogP contribution in [0.1, 0.15) is 25.8 Å². The number of rotatable bonds is 3. The monoisotopic (exact) mass is 300 g/mol. The summed E-state index contributed by atoms with van der Waals surface area (Å²) < 4.78 is 37.7. The van der Waals surface area contributed by atoms with Crippen LogP contribution in [-0.2, 0) is 16.1 Å². The first-order valence-electron chi connectivity index (χ1n) is 6.48. The van der Waals surface area contributed by atoms with E-state index in [0.29, 0.717) is 12.1 Å². The van der Waals surface area contributed by atoms with Crippen molar-refractivity contribution in [3.8, 4) is 0 Å². The highest BCUT2D eigenvalue weighted by Crippen LogP contribution is 2.32. The molecule has 1 aromatic rings. The molecule has 1 aromatic carbocycles. The molecule has 1 aliphatic heterocycles. The van der Waals surface area contributed by atoms with Crippen molar-refractivity contribution >= 4 is 17.3 Å². The zero-order valence-corrected chi connectivity index (χ0v) is 11.6. The maximum absolute atomic E-state index is 12.6. The van der Waals surface area contributed by atoms with E-state index in [1.54, 1.807) is 12.1 Å². The second kappa shape index (κ2) is 5.38. The summed E-state index contributed by atoms with van der Waals surface area (Å²) in [6.45, 7) is 3.21. The lowest BCUT2D eigenvalue weighted by Crippen LogP contribution is -2.41. The minimum absolute atomic E-state index is 0.565. The van der Waals surface area contributed by atoms with E-state index in [1.807, 2.05) is 19.1 Å². The van der Waals surface area contributed by atoms with Crippen molar-refractivity contribution in [1.29, 1.82) is 0 Å². The van der Waals surface area contributed by atoms with Crippen molar-refractivity contribution < 1.29 is 22.8 Å². The number of hydrogen-bond acceptors (Lipinski definition) is 3. The third kappa shape index (κ3) is 3.17. The van der Waals surface area contributed by atoms with E-state index in [9.17, 15) is 18.0 Å².